The summed E-state index contributed by atoms with van der Waals surface area (Å²) in [4.78, 5) is 10.9. The van der Waals surface area contributed by atoms with Gasteiger partial charge in [-0.2, -0.15) is 0 Å². The first-order valence-corrected chi connectivity index (χ1v) is 3.86. The molecule has 1 aromatic rings. The van der Waals surface area contributed by atoms with Gasteiger partial charge in [0.1, 0.15) is 0 Å². The summed E-state index contributed by atoms with van der Waals surface area (Å²) < 4.78 is 0. The topological polar surface area (TPSA) is 54.1 Å². The molecular formula is C9H7N3O. The molecule has 0 saturated heterocycles. The number of hydrogen-bond acceptors (Lipinski definition) is 4. The van der Waals surface area contributed by atoms with E-state index >= 15 is 0 Å². The summed E-state index contributed by atoms with van der Waals surface area (Å²) in [6.45, 7) is 0. The zero-order valence-corrected chi connectivity index (χ0v) is 6.79. The minimum Gasteiger partial charge on any atom is -0.300 e. The summed E-state index contributed by atoms with van der Waals surface area (Å²) >= 11 is 0. The van der Waals surface area contributed by atoms with Crippen molar-refractivity contribution in [3.8, 4) is 0 Å². The van der Waals surface area contributed by atoms with Crippen molar-refractivity contribution in [3.05, 3.63) is 35.9 Å². The zero-order chi connectivity index (χ0) is 9.15. The Bertz CT molecular complexity index is 358. The molecule has 0 bridgehead atoms. The van der Waals surface area contributed by atoms with Crippen LogP contribution in [0.2, 0.25) is 0 Å². The highest BCUT2D eigenvalue weighted by Crippen LogP contribution is 2.25. The van der Waals surface area contributed by atoms with Crippen molar-refractivity contribution >= 4 is 12.5 Å². The molecule has 0 fully saturated rings. The van der Waals surface area contributed by atoms with Gasteiger partial charge in [0, 0.05) is 0 Å². The Morgan fingerprint density at radius 3 is 2.54 bits per heavy atom. The lowest BCUT2D eigenvalue weighted by atomic mass is 9.94. The third-order valence-electron chi connectivity index (χ3n) is 1.93. The molecule has 0 saturated carbocycles. The fraction of sp³-hybridized carbons (Fsp3) is 0.111. The maximum Gasteiger partial charge on any atom is 0.200 e. The van der Waals surface area contributed by atoms with E-state index in [-0.39, 0.29) is 0 Å². The maximum atomic E-state index is 10.9. The van der Waals surface area contributed by atoms with Gasteiger partial charge in [-0.1, -0.05) is 30.3 Å². The molecule has 0 aromatic heterocycles. The third-order valence-corrected chi connectivity index (χ3v) is 1.93. The second-order valence-electron chi connectivity index (χ2n) is 2.74. The van der Waals surface area contributed by atoms with E-state index in [0.29, 0.717) is 0 Å². The minimum atomic E-state index is -0.985. The van der Waals surface area contributed by atoms with Crippen LogP contribution < -0.4 is 0 Å². The van der Waals surface area contributed by atoms with Crippen molar-refractivity contribution in [3.63, 3.8) is 0 Å². The standard InChI is InChI=1S/C9H7N3O/c13-7-9(6-10-12-11-9)8-4-2-1-3-5-8/h1-7H. The van der Waals surface area contributed by atoms with Gasteiger partial charge in [-0.25, -0.2) is 0 Å². The Kier molecular flexibility index (Phi) is 1.73. The number of nitrogens with zero attached hydrogens (tertiary/aromatic N) is 3. The first kappa shape index (κ1) is 7.79. The number of carbonyl (C=O) groups excluding carboxylic acids is 1. The fourth-order valence-electron chi connectivity index (χ4n) is 1.20. The van der Waals surface area contributed by atoms with Gasteiger partial charge < -0.3 is 0 Å². The predicted octanol–water partition coefficient (Wildman–Crippen LogP) is 1.53. The molecule has 1 aliphatic heterocycles. The predicted molar refractivity (Wildman–Crippen MR) is 47.5 cm³/mol. The van der Waals surface area contributed by atoms with Gasteiger partial charge in [-0.3, -0.25) is 4.79 Å². The number of carbonyl (C=O) groups is 1. The SMILES string of the molecule is O=CC1(c2ccccc2)C=NN=N1. The Morgan fingerprint density at radius 1 is 1.23 bits per heavy atom. The van der Waals surface area contributed by atoms with Gasteiger partial charge in [-0.05, 0) is 10.8 Å². The molecule has 4 nitrogen and oxygen atoms in total. The fourth-order valence-corrected chi connectivity index (χ4v) is 1.20. The first-order valence-electron chi connectivity index (χ1n) is 3.86. The smallest absolute Gasteiger partial charge is 0.200 e. The molecule has 1 aromatic carbocycles. The van der Waals surface area contributed by atoms with E-state index in [0.717, 1.165) is 11.8 Å². The number of aldehydes is 1. The van der Waals surface area contributed by atoms with Crippen LogP contribution in [0.4, 0.5) is 0 Å². The van der Waals surface area contributed by atoms with Crippen molar-refractivity contribution in [1.82, 2.24) is 0 Å². The van der Waals surface area contributed by atoms with Gasteiger partial charge in [0.2, 0.25) is 5.54 Å². The van der Waals surface area contributed by atoms with E-state index in [4.69, 9.17) is 0 Å². The molecule has 1 heterocycles. The van der Waals surface area contributed by atoms with E-state index in [2.05, 4.69) is 15.4 Å². The van der Waals surface area contributed by atoms with Crippen molar-refractivity contribution < 1.29 is 4.79 Å². The Morgan fingerprint density at radius 2 is 2.00 bits per heavy atom. The molecule has 0 amide bonds. The van der Waals surface area contributed by atoms with Crippen LogP contribution >= 0.6 is 0 Å². The highest BCUT2D eigenvalue weighted by atomic mass is 16.1. The van der Waals surface area contributed by atoms with Gasteiger partial charge in [0.25, 0.3) is 0 Å². The van der Waals surface area contributed by atoms with Crippen LogP contribution in [0.3, 0.4) is 0 Å². The number of rotatable bonds is 2. The van der Waals surface area contributed by atoms with E-state index in [1.54, 1.807) is 0 Å². The van der Waals surface area contributed by atoms with Crippen LogP contribution in [0, 0.1) is 0 Å². The zero-order valence-electron chi connectivity index (χ0n) is 6.79. The van der Waals surface area contributed by atoms with Crippen molar-refractivity contribution in [1.29, 1.82) is 0 Å². The third kappa shape index (κ3) is 1.16. The van der Waals surface area contributed by atoms with Crippen molar-refractivity contribution in [2.45, 2.75) is 5.54 Å². The molecule has 1 unspecified atom stereocenters. The van der Waals surface area contributed by atoms with E-state index in [9.17, 15) is 4.79 Å². The summed E-state index contributed by atoms with van der Waals surface area (Å²) in [6, 6.07) is 9.23. The van der Waals surface area contributed by atoms with Crippen molar-refractivity contribution in [2.24, 2.45) is 15.4 Å². The summed E-state index contributed by atoms with van der Waals surface area (Å²) in [5.41, 5.74) is -0.198. The highest BCUT2D eigenvalue weighted by molar-refractivity contribution is 5.94. The Balaban J connectivity index is 2.50. The summed E-state index contributed by atoms with van der Waals surface area (Å²) in [5.74, 6) is 0. The normalized spacial score (nSPS) is 24.9. The molecule has 2 rings (SSSR count). The number of hydrogen-bond donors (Lipinski definition) is 0. The molecule has 0 N–H and O–H groups in total. The average Bonchev–Trinajstić information content (AvgIpc) is 2.69. The molecule has 4 heteroatoms. The van der Waals surface area contributed by atoms with Gasteiger partial charge in [0.05, 0.1) is 6.21 Å². The van der Waals surface area contributed by atoms with Gasteiger partial charge in [-0.15, -0.1) is 10.2 Å². The van der Waals surface area contributed by atoms with E-state index in [1.807, 2.05) is 30.3 Å². The van der Waals surface area contributed by atoms with Crippen LogP contribution in [-0.4, -0.2) is 12.5 Å². The Hall–Kier alpha value is -1.84. The largest absolute Gasteiger partial charge is 0.300 e. The highest BCUT2D eigenvalue weighted by Gasteiger charge is 2.32. The van der Waals surface area contributed by atoms with Crippen LogP contribution in [0.25, 0.3) is 0 Å². The molecule has 0 aliphatic carbocycles. The lowest BCUT2D eigenvalue weighted by molar-refractivity contribution is -0.110. The monoisotopic (exact) mass is 173 g/mol. The van der Waals surface area contributed by atoms with Crippen molar-refractivity contribution in [2.75, 3.05) is 0 Å². The molecule has 0 spiro atoms. The lowest BCUT2D eigenvalue weighted by Gasteiger charge is -2.12. The molecule has 64 valence electrons. The second kappa shape index (κ2) is 2.90. The second-order valence-corrected chi connectivity index (χ2v) is 2.74. The van der Waals surface area contributed by atoms with Crippen LogP contribution in [-0.2, 0) is 10.3 Å². The molecule has 0 radical (unpaired) electrons. The van der Waals surface area contributed by atoms with E-state index in [1.165, 1.54) is 6.21 Å². The maximum absolute atomic E-state index is 10.9. The van der Waals surface area contributed by atoms with Gasteiger partial charge in [0.15, 0.2) is 6.29 Å². The minimum absolute atomic E-state index is 0.738. The molecule has 1 atom stereocenters. The molecular weight excluding hydrogens is 166 g/mol. The lowest BCUT2D eigenvalue weighted by Crippen LogP contribution is -2.24. The van der Waals surface area contributed by atoms with Gasteiger partial charge >= 0.3 is 0 Å². The van der Waals surface area contributed by atoms with Crippen LogP contribution in [0.5, 0.6) is 0 Å². The van der Waals surface area contributed by atoms with Crippen LogP contribution in [0.1, 0.15) is 5.56 Å². The molecule has 1 aliphatic rings. The quantitative estimate of drug-likeness (QED) is 0.625. The van der Waals surface area contributed by atoms with Crippen LogP contribution in [0.15, 0.2) is 45.8 Å². The molecule has 13 heavy (non-hydrogen) atoms. The average molecular weight is 173 g/mol. The number of benzene rings is 1. The summed E-state index contributed by atoms with van der Waals surface area (Å²) in [5, 5.41) is 10.8. The summed E-state index contributed by atoms with van der Waals surface area (Å²) in [6.07, 6.45) is 2.18. The first-order chi connectivity index (χ1) is 6.37. The Labute approximate surface area is 75.0 Å². The van der Waals surface area contributed by atoms with E-state index < -0.39 is 5.54 Å². The summed E-state index contributed by atoms with van der Waals surface area (Å²) in [7, 11) is 0.